The fourth-order valence-electron chi connectivity index (χ4n) is 2.17. The van der Waals surface area contributed by atoms with E-state index in [1.54, 1.807) is 18.2 Å². The second-order valence-electron chi connectivity index (χ2n) is 5.57. The third kappa shape index (κ3) is 4.89. The van der Waals surface area contributed by atoms with Crippen LogP contribution in [0.1, 0.15) is 16.7 Å². The highest BCUT2D eigenvalue weighted by molar-refractivity contribution is 5.98. The molecule has 0 radical (unpaired) electrons. The Labute approximate surface area is 152 Å². The molecule has 0 unspecified atom stereocenters. The van der Waals surface area contributed by atoms with Crippen LogP contribution in [0, 0.1) is 13.8 Å². The number of amidine groups is 1. The van der Waals surface area contributed by atoms with Crippen LogP contribution in [0.5, 0.6) is 17.2 Å². The lowest BCUT2D eigenvalue weighted by Gasteiger charge is -2.09. The third-order valence-electron chi connectivity index (χ3n) is 3.61. The molecular formula is C19H22N2O5. The van der Waals surface area contributed by atoms with E-state index in [-0.39, 0.29) is 12.4 Å². The number of carbonyl (C=O) groups excluding carboxylic acids is 1. The molecule has 0 amide bonds. The van der Waals surface area contributed by atoms with Crippen molar-refractivity contribution < 1.29 is 23.8 Å². The summed E-state index contributed by atoms with van der Waals surface area (Å²) in [5.41, 5.74) is 8.34. The molecule has 0 atom stereocenters. The van der Waals surface area contributed by atoms with Gasteiger partial charge in [-0.25, -0.2) is 4.79 Å². The van der Waals surface area contributed by atoms with Crippen molar-refractivity contribution in [2.45, 2.75) is 13.8 Å². The van der Waals surface area contributed by atoms with Crippen molar-refractivity contribution in [3.63, 3.8) is 0 Å². The second-order valence-corrected chi connectivity index (χ2v) is 5.57. The second kappa shape index (κ2) is 8.75. The fourth-order valence-corrected chi connectivity index (χ4v) is 2.17. The van der Waals surface area contributed by atoms with Crippen molar-refractivity contribution >= 4 is 11.8 Å². The van der Waals surface area contributed by atoms with Crippen molar-refractivity contribution in [1.82, 2.24) is 0 Å². The van der Waals surface area contributed by atoms with Crippen LogP contribution >= 0.6 is 0 Å². The van der Waals surface area contributed by atoms with E-state index in [0.717, 1.165) is 11.1 Å². The molecule has 0 heterocycles. The molecule has 2 aromatic carbocycles. The van der Waals surface area contributed by atoms with Crippen molar-refractivity contribution in [2.75, 3.05) is 20.8 Å². The van der Waals surface area contributed by atoms with E-state index in [1.807, 2.05) is 32.0 Å². The number of ether oxygens (including phenoxy) is 3. The summed E-state index contributed by atoms with van der Waals surface area (Å²) in [6.45, 7) is 3.57. The summed E-state index contributed by atoms with van der Waals surface area (Å²) in [6, 6.07) is 10.7. The van der Waals surface area contributed by atoms with Gasteiger partial charge in [-0.15, -0.1) is 0 Å². The minimum atomic E-state index is -0.658. The molecule has 0 aromatic heterocycles. The number of methoxy groups -OCH3 is 2. The molecule has 138 valence electrons. The van der Waals surface area contributed by atoms with E-state index < -0.39 is 5.97 Å². The highest BCUT2D eigenvalue weighted by Gasteiger charge is 2.10. The molecule has 0 fully saturated rings. The third-order valence-corrected chi connectivity index (χ3v) is 3.61. The number of nitrogens with two attached hydrogens (primary N) is 1. The number of benzene rings is 2. The average molecular weight is 358 g/mol. The zero-order valence-corrected chi connectivity index (χ0v) is 15.2. The van der Waals surface area contributed by atoms with Crippen LogP contribution in [-0.2, 0) is 9.63 Å². The normalized spacial score (nSPS) is 11.0. The largest absolute Gasteiger partial charge is 0.493 e. The SMILES string of the molecule is COc1ccc(/C(N)=N/OC(=O)COc2cc(C)ccc2C)cc1OC. The van der Waals surface area contributed by atoms with Crippen LogP contribution in [0.2, 0.25) is 0 Å². The number of rotatable bonds is 7. The van der Waals surface area contributed by atoms with Crippen LogP contribution in [-0.4, -0.2) is 32.6 Å². The monoisotopic (exact) mass is 358 g/mol. The van der Waals surface area contributed by atoms with Crippen molar-refractivity contribution in [2.24, 2.45) is 10.9 Å². The first-order chi connectivity index (χ1) is 12.4. The van der Waals surface area contributed by atoms with Gasteiger partial charge in [0.05, 0.1) is 14.2 Å². The van der Waals surface area contributed by atoms with Crippen LogP contribution in [0.4, 0.5) is 0 Å². The summed E-state index contributed by atoms with van der Waals surface area (Å²) in [6.07, 6.45) is 0. The number of oxime groups is 1. The van der Waals surface area contributed by atoms with Gasteiger partial charge in [-0.1, -0.05) is 17.3 Å². The number of nitrogens with zero attached hydrogens (tertiary/aromatic N) is 1. The summed E-state index contributed by atoms with van der Waals surface area (Å²) in [7, 11) is 3.05. The topological polar surface area (TPSA) is 92.4 Å². The van der Waals surface area contributed by atoms with Gasteiger partial charge in [-0.3, -0.25) is 0 Å². The molecule has 0 aliphatic heterocycles. The summed E-state index contributed by atoms with van der Waals surface area (Å²) in [4.78, 5) is 16.6. The Morgan fingerprint density at radius 3 is 2.42 bits per heavy atom. The summed E-state index contributed by atoms with van der Waals surface area (Å²) < 4.78 is 15.8. The van der Waals surface area contributed by atoms with Gasteiger partial charge in [0.15, 0.2) is 23.9 Å². The van der Waals surface area contributed by atoms with Crippen molar-refractivity contribution in [3.8, 4) is 17.2 Å². The van der Waals surface area contributed by atoms with E-state index in [4.69, 9.17) is 24.8 Å². The quantitative estimate of drug-likeness (QED) is 0.354. The maximum atomic E-state index is 11.8. The van der Waals surface area contributed by atoms with E-state index in [2.05, 4.69) is 5.16 Å². The Bertz CT molecular complexity index is 818. The first-order valence-corrected chi connectivity index (χ1v) is 7.90. The number of hydrogen-bond acceptors (Lipinski definition) is 6. The number of aryl methyl sites for hydroxylation is 2. The smallest absolute Gasteiger partial charge is 0.372 e. The highest BCUT2D eigenvalue weighted by atomic mass is 16.7. The molecule has 7 nitrogen and oxygen atoms in total. The molecule has 0 aliphatic carbocycles. The van der Waals surface area contributed by atoms with Gasteiger partial charge in [0.25, 0.3) is 0 Å². The fraction of sp³-hybridized carbons (Fsp3) is 0.263. The highest BCUT2D eigenvalue weighted by Crippen LogP contribution is 2.27. The Kier molecular flexibility index (Phi) is 6.43. The molecule has 0 spiro atoms. The van der Waals surface area contributed by atoms with E-state index >= 15 is 0 Å². The molecule has 0 bridgehead atoms. The van der Waals surface area contributed by atoms with Gasteiger partial charge in [-0.2, -0.15) is 0 Å². The summed E-state index contributed by atoms with van der Waals surface area (Å²) in [5.74, 6) is 1.05. The minimum Gasteiger partial charge on any atom is -0.493 e. The van der Waals surface area contributed by atoms with Crippen LogP contribution in [0.3, 0.4) is 0 Å². The Morgan fingerprint density at radius 1 is 1.00 bits per heavy atom. The van der Waals surface area contributed by atoms with E-state index in [1.165, 1.54) is 14.2 Å². The molecule has 7 heteroatoms. The van der Waals surface area contributed by atoms with Crippen molar-refractivity contribution in [3.05, 3.63) is 53.1 Å². The Morgan fingerprint density at radius 2 is 1.73 bits per heavy atom. The van der Waals surface area contributed by atoms with Crippen LogP contribution < -0.4 is 19.9 Å². The van der Waals surface area contributed by atoms with Gasteiger partial charge < -0.3 is 24.8 Å². The zero-order chi connectivity index (χ0) is 19.1. The number of hydrogen-bond donors (Lipinski definition) is 1. The van der Waals surface area contributed by atoms with E-state index in [9.17, 15) is 4.79 Å². The molecule has 0 aliphatic rings. The van der Waals surface area contributed by atoms with Crippen LogP contribution in [0.15, 0.2) is 41.6 Å². The average Bonchev–Trinajstić information content (AvgIpc) is 2.66. The molecule has 26 heavy (non-hydrogen) atoms. The molecule has 2 rings (SSSR count). The standard InChI is InChI=1S/C19H22N2O5/c1-12-5-6-13(2)16(9-12)25-11-18(22)26-21-19(20)14-7-8-15(23-3)17(10-14)24-4/h5-10H,11H2,1-4H3,(H2,20,21). The van der Waals surface area contributed by atoms with Crippen LogP contribution in [0.25, 0.3) is 0 Å². The van der Waals surface area contributed by atoms with Gasteiger partial charge in [0.1, 0.15) is 5.75 Å². The zero-order valence-electron chi connectivity index (χ0n) is 15.2. The molecule has 0 saturated carbocycles. The van der Waals surface area contributed by atoms with Gasteiger partial charge >= 0.3 is 5.97 Å². The lowest BCUT2D eigenvalue weighted by Crippen LogP contribution is -2.18. The lowest BCUT2D eigenvalue weighted by atomic mass is 10.1. The predicted octanol–water partition coefficient (Wildman–Crippen LogP) is 2.56. The first-order valence-electron chi connectivity index (χ1n) is 7.90. The van der Waals surface area contributed by atoms with Gasteiger partial charge in [-0.05, 0) is 49.2 Å². The molecule has 2 aromatic rings. The Balaban J connectivity index is 1.97. The van der Waals surface area contributed by atoms with E-state index in [0.29, 0.717) is 22.8 Å². The molecular weight excluding hydrogens is 336 g/mol. The Hall–Kier alpha value is -3.22. The van der Waals surface area contributed by atoms with Gasteiger partial charge in [0.2, 0.25) is 0 Å². The van der Waals surface area contributed by atoms with Crippen molar-refractivity contribution in [1.29, 1.82) is 0 Å². The predicted molar refractivity (Wildman–Crippen MR) is 97.8 cm³/mol. The first kappa shape index (κ1) is 19.1. The summed E-state index contributed by atoms with van der Waals surface area (Å²) >= 11 is 0. The molecule has 2 N–H and O–H groups in total. The van der Waals surface area contributed by atoms with Gasteiger partial charge in [0, 0.05) is 5.56 Å². The maximum absolute atomic E-state index is 11.8. The number of carbonyl (C=O) groups is 1. The molecule has 0 saturated heterocycles. The summed E-state index contributed by atoms with van der Waals surface area (Å²) in [5, 5.41) is 3.65. The maximum Gasteiger partial charge on any atom is 0.372 e. The lowest BCUT2D eigenvalue weighted by molar-refractivity contribution is -0.146. The minimum absolute atomic E-state index is 0.0334.